The fourth-order valence-electron chi connectivity index (χ4n) is 6.02. The van der Waals surface area contributed by atoms with Crippen molar-refractivity contribution in [1.29, 1.82) is 0 Å². The van der Waals surface area contributed by atoms with Gasteiger partial charge in [-0.1, -0.05) is 67.9 Å². The Hall–Kier alpha value is -2.96. The number of nitrogens with one attached hydrogen (secondary N) is 1. The molecule has 3 aromatic rings. The minimum absolute atomic E-state index is 0.0257. The molecule has 200 valence electrons. The summed E-state index contributed by atoms with van der Waals surface area (Å²) in [7, 11) is 0. The van der Waals surface area contributed by atoms with Gasteiger partial charge in [0.15, 0.2) is 0 Å². The lowest BCUT2D eigenvalue weighted by atomic mass is 9.81. The molecule has 0 aliphatic carbocycles. The third kappa shape index (κ3) is 5.87. The number of fused-ring (bicyclic) bond motifs is 1. The molecule has 1 N–H and O–H groups in total. The fraction of sp³-hybridized carbons (Fsp3) is 0.438. The molecule has 3 heterocycles. The van der Waals surface area contributed by atoms with Crippen molar-refractivity contribution in [3.05, 3.63) is 93.2 Å². The molecule has 2 atom stereocenters. The minimum Gasteiger partial charge on any atom is -0.355 e. The highest BCUT2D eigenvalue weighted by atomic mass is 32.1. The normalized spacial score (nSPS) is 20.5. The molecule has 2 aliphatic heterocycles. The number of benzene rings is 2. The Morgan fingerprint density at radius 2 is 1.84 bits per heavy atom. The lowest BCUT2D eigenvalue weighted by Crippen LogP contribution is -2.49. The molecule has 0 saturated carbocycles. The van der Waals surface area contributed by atoms with Crippen LogP contribution in [0.3, 0.4) is 0 Å². The van der Waals surface area contributed by atoms with E-state index in [0.29, 0.717) is 30.5 Å². The smallest absolute Gasteiger partial charge is 0.254 e. The van der Waals surface area contributed by atoms with Gasteiger partial charge in [0.25, 0.3) is 5.91 Å². The van der Waals surface area contributed by atoms with E-state index >= 15 is 0 Å². The second kappa shape index (κ2) is 11.8. The maximum atomic E-state index is 13.9. The lowest BCUT2D eigenvalue weighted by Gasteiger charge is -2.42. The van der Waals surface area contributed by atoms with Crippen molar-refractivity contribution >= 4 is 23.2 Å². The Balaban J connectivity index is 1.28. The van der Waals surface area contributed by atoms with Crippen LogP contribution in [0.15, 0.2) is 66.0 Å². The van der Waals surface area contributed by atoms with Crippen molar-refractivity contribution in [2.75, 3.05) is 26.2 Å². The second-order valence-corrected chi connectivity index (χ2v) is 12.3. The van der Waals surface area contributed by atoms with E-state index in [2.05, 4.69) is 61.3 Å². The van der Waals surface area contributed by atoms with Crippen LogP contribution < -0.4 is 5.32 Å². The highest BCUT2D eigenvalue weighted by Gasteiger charge is 2.44. The number of thiophene rings is 1. The molecular weight excluding hydrogens is 490 g/mol. The number of aryl methyl sites for hydroxylation is 1. The van der Waals surface area contributed by atoms with Crippen LogP contribution in [0.2, 0.25) is 0 Å². The predicted octanol–water partition coefficient (Wildman–Crippen LogP) is 6.02. The molecule has 38 heavy (non-hydrogen) atoms. The molecule has 1 fully saturated rings. The van der Waals surface area contributed by atoms with Crippen LogP contribution in [0.5, 0.6) is 0 Å². The van der Waals surface area contributed by atoms with Crippen LogP contribution in [0.4, 0.5) is 0 Å². The first-order valence-electron chi connectivity index (χ1n) is 13.9. The number of hydrogen-bond acceptors (Lipinski definition) is 4. The quantitative estimate of drug-likeness (QED) is 0.388. The Bertz CT molecular complexity index is 1250. The summed E-state index contributed by atoms with van der Waals surface area (Å²) >= 11 is 1.63. The summed E-state index contributed by atoms with van der Waals surface area (Å²) in [4.78, 5) is 33.1. The summed E-state index contributed by atoms with van der Waals surface area (Å²) in [5.41, 5.74) is 4.18. The second-order valence-electron chi connectivity index (χ2n) is 11.3. The summed E-state index contributed by atoms with van der Waals surface area (Å²) in [5.74, 6) is 0.417. The van der Waals surface area contributed by atoms with E-state index in [1.165, 1.54) is 11.1 Å². The van der Waals surface area contributed by atoms with Gasteiger partial charge in [0.1, 0.15) is 0 Å². The van der Waals surface area contributed by atoms with E-state index < -0.39 is 5.92 Å². The number of rotatable bonds is 8. The Labute approximate surface area is 230 Å². The zero-order valence-corrected chi connectivity index (χ0v) is 23.5. The highest BCUT2D eigenvalue weighted by molar-refractivity contribution is 7.10. The number of piperidine rings is 1. The topological polar surface area (TPSA) is 52.7 Å². The Kier molecular flexibility index (Phi) is 8.29. The van der Waals surface area contributed by atoms with Crippen molar-refractivity contribution in [1.82, 2.24) is 15.1 Å². The van der Waals surface area contributed by atoms with Gasteiger partial charge in [-0.15, -0.1) is 11.3 Å². The van der Waals surface area contributed by atoms with E-state index in [1.807, 2.05) is 40.6 Å². The van der Waals surface area contributed by atoms with Gasteiger partial charge in [-0.2, -0.15) is 0 Å². The Morgan fingerprint density at radius 3 is 2.55 bits per heavy atom. The zero-order valence-electron chi connectivity index (χ0n) is 22.7. The van der Waals surface area contributed by atoms with Crippen molar-refractivity contribution in [3.8, 4) is 0 Å². The van der Waals surface area contributed by atoms with Crippen LogP contribution in [0.1, 0.15) is 70.6 Å². The summed E-state index contributed by atoms with van der Waals surface area (Å²) in [6.45, 7) is 10.8. The first kappa shape index (κ1) is 26.6. The summed E-state index contributed by atoms with van der Waals surface area (Å²) in [5, 5.41) is 5.36. The molecule has 2 aromatic carbocycles. The molecule has 1 aromatic heterocycles. The van der Waals surface area contributed by atoms with Crippen molar-refractivity contribution in [2.45, 2.75) is 52.1 Å². The van der Waals surface area contributed by atoms with E-state index in [1.54, 1.807) is 11.3 Å². The highest BCUT2D eigenvalue weighted by Crippen LogP contribution is 2.44. The average Bonchev–Trinajstić information content (AvgIpc) is 3.44. The van der Waals surface area contributed by atoms with E-state index in [4.69, 9.17) is 0 Å². The van der Waals surface area contributed by atoms with Crippen LogP contribution >= 0.6 is 11.3 Å². The number of nitrogens with zero attached hydrogens (tertiary/aromatic N) is 2. The molecule has 5 rings (SSSR count). The number of likely N-dealkylation sites (tertiary alicyclic amines) is 1. The molecule has 1 saturated heterocycles. The number of hydrogen-bond donors (Lipinski definition) is 1. The number of carbonyl (C=O) groups is 2. The third-order valence-electron chi connectivity index (χ3n) is 7.88. The lowest BCUT2D eigenvalue weighted by molar-refractivity contribution is -0.124. The van der Waals surface area contributed by atoms with Crippen molar-refractivity contribution in [3.63, 3.8) is 0 Å². The molecular formula is C32H39N3O2S. The van der Waals surface area contributed by atoms with Crippen molar-refractivity contribution < 1.29 is 9.59 Å². The van der Waals surface area contributed by atoms with Crippen LogP contribution in [0.25, 0.3) is 0 Å². The van der Waals surface area contributed by atoms with Gasteiger partial charge in [0, 0.05) is 30.1 Å². The molecule has 2 unspecified atom stereocenters. The van der Waals surface area contributed by atoms with Gasteiger partial charge in [-0.25, -0.2) is 0 Å². The fourth-order valence-corrected chi connectivity index (χ4v) is 6.89. The SMILES string of the molecule is Cc1cccc(CN2CCC(CNC(=O)C3c4ccccc4C(=O)N(CC(C)C)C3c3cccs3)CC2)c1. The van der Waals surface area contributed by atoms with Crippen molar-refractivity contribution in [2.24, 2.45) is 11.8 Å². The maximum Gasteiger partial charge on any atom is 0.254 e. The first-order chi connectivity index (χ1) is 18.4. The van der Waals surface area contributed by atoms with Gasteiger partial charge in [-0.05, 0) is 73.3 Å². The molecule has 5 nitrogen and oxygen atoms in total. The maximum absolute atomic E-state index is 13.9. The van der Waals surface area contributed by atoms with Gasteiger partial charge in [-0.3, -0.25) is 14.5 Å². The standard InChI is InChI=1S/C32H39N3O2S/c1-22(2)20-35-30(28-12-7-17-38-28)29(26-10-4-5-11-27(26)32(35)37)31(36)33-19-24-13-15-34(16-14-24)21-25-9-6-8-23(3)18-25/h4-12,17-18,22,24,29-30H,13-16,19-21H2,1-3H3,(H,33,36). The van der Waals surface area contributed by atoms with E-state index in [0.717, 1.165) is 42.9 Å². The summed E-state index contributed by atoms with van der Waals surface area (Å²) in [6, 6.07) is 20.2. The van der Waals surface area contributed by atoms with E-state index in [9.17, 15) is 9.59 Å². The predicted molar refractivity (Wildman–Crippen MR) is 154 cm³/mol. The molecule has 0 radical (unpaired) electrons. The van der Waals surface area contributed by atoms with Gasteiger partial charge in [0.2, 0.25) is 5.91 Å². The molecule has 0 spiro atoms. The number of amides is 2. The molecule has 6 heteroatoms. The average molecular weight is 530 g/mol. The van der Waals surface area contributed by atoms with Crippen LogP contribution in [-0.4, -0.2) is 47.8 Å². The molecule has 0 bridgehead atoms. The van der Waals surface area contributed by atoms with Gasteiger partial charge < -0.3 is 10.2 Å². The zero-order chi connectivity index (χ0) is 26.6. The summed E-state index contributed by atoms with van der Waals surface area (Å²) in [6.07, 6.45) is 2.17. The monoisotopic (exact) mass is 529 g/mol. The number of carbonyl (C=O) groups excluding carboxylic acids is 2. The first-order valence-corrected chi connectivity index (χ1v) is 14.8. The van der Waals surface area contributed by atoms with Crippen LogP contribution in [0, 0.1) is 18.8 Å². The summed E-state index contributed by atoms with van der Waals surface area (Å²) < 4.78 is 0. The molecule has 2 amide bonds. The Morgan fingerprint density at radius 1 is 1.05 bits per heavy atom. The van der Waals surface area contributed by atoms with Crippen LogP contribution in [-0.2, 0) is 11.3 Å². The van der Waals surface area contributed by atoms with E-state index in [-0.39, 0.29) is 17.9 Å². The van der Waals surface area contributed by atoms with Gasteiger partial charge in [0.05, 0.1) is 12.0 Å². The largest absolute Gasteiger partial charge is 0.355 e. The minimum atomic E-state index is -0.414. The van der Waals surface area contributed by atoms with Gasteiger partial charge >= 0.3 is 0 Å². The third-order valence-corrected chi connectivity index (χ3v) is 8.82. The molecule has 2 aliphatic rings.